The van der Waals surface area contributed by atoms with E-state index in [1.807, 2.05) is 0 Å². The zero-order chi connectivity index (χ0) is 18.9. The van der Waals surface area contributed by atoms with Gasteiger partial charge < -0.3 is 16.0 Å². The van der Waals surface area contributed by atoms with Gasteiger partial charge in [0.05, 0.1) is 24.1 Å². The lowest BCUT2D eigenvalue weighted by Gasteiger charge is -2.43. The molecule has 0 bridgehead atoms. The van der Waals surface area contributed by atoms with Crippen LogP contribution in [0.25, 0.3) is 0 Å². The molecule has 1 saturated heterocycles. The van der Waals surface area contributed by atoms with Gasteiger partial charge in [0.25, 0.3) is 0 Å². The Morgan fingerprint density at radius 1 is 1.38 bits per heavy atom. The molecule has 0 spiro atoms. The lowest BCUT2D eigenvalue weighted by atomic mass is 9.80. The van der Waals surface area contributed by atoms with Crippen LogP contribution in [0.1, 0.15) is 43.9 Å². The van der Waals surface area contributed by atoms with E-state index >= 15 is 0 Å². The van der Waals surface area contributed by atoms with Crippen molar-refractivity contribution in [1.82, 2.24) is 20.1 Å². The topological polar surface area (TPSA) is 117 Å². The molecule has 8 nitrogen and oxygen atoms in total. The Balaban J connectivity index is 1.79. The quantitative estimate of drug-likeness (QED) is 0.712. The molecule has 0 unspecified atom stereocenters. The van der Waals surface area contributed by atoms with Gasteiger partial charge in [-0.05, 0) is 36.8 Å². The van der Waals surface area contributed by atoms with Crippen molar-refractivity contribution in [2.24, 2.45) is 5.41 Å². The zero-order valence-electron chi connectivity index (χ0n) is 15.2. The number of nitrogens with one attached hydrogen (secondary N) is 2. The molecule has 8 heteroatoms. The molecule has 1 fully saturated rings. The zero-order valence-corrected chi connectivity index (χ0v) is 15.2. The standard InChI is InChI=1S/C18H24N6O2/c1-11-6-13(9-20-15(11)19)23-16(25)17(26)24-10-18(2,3)5-4-14(24)12-7-21-22-8-12/h6-9,14H,4-5,10H2,1-3H3,(H2,19,20)(H,21,22)(H,23,25)/t14-/m0/s1. The van der Waals surface area contributed by atoms with Crippen LogP contribution >= 0.6 is 0 Å². The van der Waals surface area contributed by atoms with E-state index in [4.69, 9.17) is 5.73 Å². The van der Waals surface area contributed by atoms with E-state index in [1.54, 1.807) is 30.3 Å². The molecular formula is C18H24N6O2. The maximum atomic E-state index is 12.9. The molecule has 138 valence electrons. The number of aromatic nitrogens is 3. The van der Waals surface area contributed by atoms with Gasteiger partial charge >= 0.3 is 11.8 Å². The summed E-state index contributed by atoms with van der Waals surface area (Å²) in [5.41, 5.74) is 7.74. The Kier molecular flexibility index (Phi) is 4.67. The summed E-state index contributed by atoms with van der Waals surface area (Å²) < 4.78 is 0. The number of aryl methyl sites for hydroxylation is 1. The van der Waals surface area contributed by atoms with Gasteiger partial charge in [-0.15, -0.1) is 0 Å². The highest BCUT2D eigenvalue weighted by Crippen LogP contribution is 2.39. The van der Waals surface area contributed by atoms with Crippen LogP contribution in [0.2, 0.25) is 0 Å². The van der Waals surface area contributed by atoms with Crippen LogP contribution < -0.4 is 11.1 Å². The van der Waals surface area contributed by atoms with Crippen LogP contribution in [-0.2, 0) is 9.59 Å². The molecule has 0 radical (unpaired) electrons. The number of nitrogens with two attached hydrogens (primary N) is 1. The Hall–Kier alpha value is -2.90. The lowest BCUT2D eigenvalue weighted by Crippen LogP contribution is -2.49. The van der Waals surface area contributed by atoms with Gasteiger partial charge in [0.15, 0.2) is 0 Å². The first-order chi connectivity index (χ1) is 12.3. The first-order valence-electron chi connectivity index (χ1n) is 8.59. The summed E-state index contributed by atoms with van der Waals surface area (Å²) in [5.74, 6) is -0.840. The minimum absolute atomic E-state index is 0.0461. The van der Waals surface area contributed by atoms with E-state index in [9.17, 15) is 9.59 Å². The van der Waals surface area contributed by atoms with Crippen molar-refractivity contribution in [2.45, 2.75) is 39.7 Å². The smallest absolute Gasteiger partial charge is 0.313 e. The summed E-state index contributed by atoms with van der Waals surface area (Å²) in [6.45, 7) is 6.50. The fourth-order valence-corrected chi connectivity index (χ4v) is 3.31. The number of aromatic amines is 1. The summed E-state index contributed by atoms with van der Waals surface area (Å²) in [7, 11) is 0. The monoisotopic (exact) mass is 356 g/mol. The molecule has 1 atom stereocenters. The minimum atomic E-state index is -0.679. The van der Waals surface area contributed by atoms with Gasteiger partial charge in [-0.2, -0.15) is 5.10 Å². The van der Waals surface area contributed by atoms with E-state index in [-0.39, 0.29) is 11.5 Å². The molecule has 1 aliphatic heterocycles. The summed E-state index contributed by atoms with van der Waals surface area (Å²) in [6.07, 6.45) is 6.67. The number of likely N-dealkylation sites (tertiary alicyclic amines) is 1. The van der Waals surface area contributed by atoms with Crippen LogP contribution in [0.5, 0.6) is 0 Å². The highest BCUT2D eigenvalue weighted by atomic mass is 16.2. The highest BCUT2D eigenvalue weighted by molar-refractivity contribution is 6.39. The van der Waals surface area contributed by atoms with Gasteiger partial charge in [0.2, 0.25) is 0 Å². The minimum Gasteiger partial charge on any atom is -0.383 e. The third-order valence-corrected chi connectivity index (χ3v) is 4.81. The maximum Gasteiger partial charge on any atom is 0.313 e. The number of amides is 2. The van der Waals surface area contributed by atoms with E-state index < -0.39 is 11.8 Å². The molecule has 4 N–H and O–H groups in total. The number of hydrogen-bond acceptors (Lipinski definition) is 5. The molecule has 2 aromatic rings. The second-order valence-electron chi connectivity index (χ2n) is 7.56. The fraction of sp³-hybridized carbons (Fsp3) is 0.444. The Morgan fingerprint density at radius 3 is 2.81 bits per heavy atom. The number of nitrogen functional groups attached to an aromatic ring is 1. The number of pyridine rings is 1. The Labute approximate surface area is 152 Å². The number of H-pyrrole nitrogens is 1. The molecule has 26 heavy (non-hydrogen) atoms. The molecule has 0 aliphatic carbocycles. The van der Waals surface area contributed by atoms with E-state index in [0.29, 0.717) is 18.1 Å². The van der Waals surface area contributed by atoms with Gasteiger partial charge in [0.1, 0.15) is 5.82 Å². The van der Waals surface area contributed by atoms with Crippen molar-refractivity contribution in [3.05, 3.63) is 35.8 Å². The number of piperidine rings is 1. The van der Waals surface area contributed by atoms with Crippen molar-refractivity contribution in [3.63, 3.8) is 0 Å². The average molecular weight is 356 g/mol. The van der Waals surface area contributed by atoms with E-state index in [2.05, 4.69) is 34.3 Å². The van der Waals surface area contributed by atoms with Crippen LogP contribution in [0, 0.1) is 12.3 Å². The first kappa shape index (κ1) is 17.9. The van der Waals surface area contributed by atoms with Crippen LogP contribution in [0.15, 0.2) is 24.7 Å². The van der Waals surface area contributed by atoms with Gasteiger partial charge in [0, 0.05) is 18.3 Å². The van der Waals surface area contributed by atoms with Crippen LogP contribution in [-0.4, -0.2) is 38.4 Å². The number of rotatable bonds is 2. The van der Waals surface area contributed by atoms with E-state index in [0.717, 1.165) is 24.0 Å². The number of hydrogen-bond donors (Lipinski definition) is 3. The average Bonchev–Trinajstić information content (AvgIpc) is 3.11. The fourth-order valence-electron chi connectivity index (χ4n) is 3.31. The third kappa shape index (κ3) is 3.68. The lowest BCUT2D eigenvalue weighted by molar-refractivity contribution is -0.147. The molecule has 3 rings (SSSR count). The second kappa shape index (κ2) is 6.78. The molecule has 2 amide bonds. The van der Waals surface area contributed by atoms with Crippen molar-refractivity contribution >= 4 is 23.3 Å². The number of carbonyl (C=O) groups is 2. The van der Waals surface area contributed by atoms with E-state index in [1.165, 1.54) is 6.20 Å². The highest BCUT2D eigenvalue weighted by Gasteiger charge is 2.39. The Morgan fingerprint density at radius 2 is 2.15 bits per heavy atom. The van der Waals surface area contributed by atoms with Crippen LogP contribution in [0.3, 0.4) is 0 Å². The molecular weight excluding hydrogens is 332 g/mol. The predicted molar refractivity (Wildman–Crippen MR) is 98.1 cm³/mol. The second-order valence-corrected chi connectivity index (χ2v) is 7.56. The number of carbonyl (C=O) groups excluding carboxylic acids is 2. The van der Waals surface area contributed by atoms with Crippen molar-refractivity contribution in [1.29, 1.82) is 0 Å². The first-order valence-corrected chi connectivity index (χ1v) is 8.59. The third-order valence-electron chi connectivity index (χ3n) is 4.81. The predicted octanol–water partition coefficient (Wildman–Crippen LogP) is 2.02. The van der Waals surface area contributed by atoms with Crippen molar-refractivity contribution < 1.29 is 9.59 Å². The molecule has 2 aromatic heterocycles. The van der Waals surface area contributed by atoms with Gasteiger partial charge in [-0.25, -0.2) is 4.98 Å². The molecule has 0 saturated carbocycles. The normalized spacial score (nSPS) is 19.2. The summed E-state index contributed by atoms with van der Waals surface area (Å²) in [5, 5.41) is 9.38. The Bertz CT molecular complexity index is 815. The van der Waals surface area contributed by atoms with Gasteiger partial charge in [-0.3, -0.25) is 14.7 Å². The number of anilines is 2. The van der Waals surface area contributed by atoms with Crippen molar-refractivity contribution in [2.75, 3.05) is 17.6 Å². The largest absolute Gasteiger partial charge is 0.383 e. The summed E-state index contributed by atoms with van der Waals surface area (Å²) in [6, 6.07) is 1.53. The SMILES string of the molecule is Cc1cc(NC(=O)C(=O)N2CC(C)(C)CC[C@H]2c2cn[nH]c2)cnc1N. The number of nitrogens with zero attached hydrogens (tertiary/aromatic N) is 3. The molecule has 1 aliphatic rings. The summed E-state index contributed by atoms with van der Waals surface area (Å²) in [4.78, 5) is 31.1. The van der Waals surface area contributed by atoms with Crippen molar-refractivity contribution in [3.8, 4) is 0 Å². The molecule has 0 aromatic carbocycles. The van der Waals surface area contributed by atoms with Crippen LogP contribution in [0.4, 0.5) is 11.5 Å². The molecule has 3 heterocycles. The summed E-state index contributed by atoms with van der Waals surface area (Å²) >= 11 is 0. The maximum absolute atomic E-state index is 12.9. The van der Waals surface area contributed by atoms with Gasteiger partial charge in [-0.1, -0.05) is 13.8 Å².